The minimum absolute atomic E-state index is 0.0765. The Morgan fingerprint density at radius 1 is 1.63 bits per heavy atom. The third-order valence-electron chi connectivity index (χ3n) is 3.25. The SMILES string of the molecule is CCOC(=O)[N+]1(N2CCSCC2(C)C)CC(=O)ON1. The van der Waals surface area contributed by atoms with Gasteiger partial charge in [-0.25, -0.2) is 4.79 Å². The van der Waals surface area contributed by atoms with Crippen LogP contribution in [0, 0.1) is 0 Å². The Bertz CT molecular complexity index is 390. The lowest BCUT2D eigenvalue weighted by Gasteiger charge is -2.46. The molecule has 0 spiro atoms. The molecule has 1 unspecified atom stereocenters. The minimum atomic E-state index is -0.506. The highest BCUT2D eigenvalue weighted by Gasteiger charge is 2.59. The second kappa shape index (κ2) is 5.28. The minimum Gasteiger partial charge on any atom is -0.417 e. The Kier molecular flexibility index (Phi) is 4.05. The summed E-state index contributed by atoms with van der Waals surface area (Å²) in [6.45, 7) is 6.70. The van der Waals surface area contributed by atoms with Gasteiger partial charge in [0.05, 0.1) is 18.7 Å². The van der Waals surface area contributed by atoms with E-state index in [0.29, 0.717) is 6.54 Å². The maximum absolute atomic E-state index is 12.3. The Morgan fingerprint density at radius 2 is 2.37 bits per heavy atom. The Morgan fingerprint density at radius 3 is 2.89 bits per heavy atom. The maximum atomic E-state index is 12.3. The summed E-state index contributed by atoms with van der Waals surface area (Å²) in [6.07, 6.45) is -0.506. The number of carbonyl (C=O) groups is 2. The van der Waals surface area contributed by atoms with E-state index in [0.717, 1.165) is 11.5 Å². The molecule has 1 amide bonds. The van der Waals surface area contributed by atoms with E-state index in [9.17, 15) is 9.59 Å². The first-order valence-corrected chi connectivity index (χ1v) is 7.46. The number of thioether (sulfide) groups is 1. The molecule has 2 saturated heterocycles. The predicted octanol–water partition coefficient (Wildman–Crippen LogP) is 0.678. The van der Waals surface area contributed by atoms with Gasteiger partial charge in [0.15, 0.2) is 0 Å². The van der Waals surface area contributed by atoms with Crippen molar-refractivity contribution < 1.29 is 23.9 Å². The first-order valence-electron chi connectivity index (χ1n) is 6.30. The van der Waals surface area contributed by atoms with Gasteiger partial charge in [-0.15, -0.1) is 5.01 Å². The molecule has 2 aliphatic heterocycles. The number of ether oxygens (including phenoxy) is 1. The summed E-state index contributed by atoms with van der Waals surface area (Å²) < 4.78 is 4.71. The van der Waals surface area contributed by atoms with Crippen LogP contribution in [-0.2, 0) is 14.4 Å². The largest absolute Gasteiger partial charge is 0.560 e. The zero-order valence-electron chi connectivity index (χ0n) is 11.5. The van der Waals surface area contributed by atoms with Crippen LogP contribution in [-0.4, -0.2) is 58.5 Å². The molecule has 0 aliphatic carbocycles. The number of nitrogens with one attached hydrogen (secondary N) is 1. The van der Waals surface area contributed by atoms with Crippen LogP contribution in [0.25, 0.3) is 0 Å². The van der Waals surface area contributed by atoms with Crippen molar-refractivity contribution in [1.82, 2.24) is 10.6 Å². The van der Waals surface area contributed by atoms with Gasteiger partial charge in [0.25, 0.3) is 0 Å². The van der Waals surface area contributed by atoms with E-state index >= 15 is 0 Å². The lowest BCUT2D eigenvalue weighted by atomic mass is 10.1. The van der Waals surface area contributed by atoms with Crippen molar-refractivity contribution in [1.29, 1.82) is 0 Å². The van der Waals surface area contributed by atoms with E-state index in [1.165, 1.54) is 0 Å². The summed E-state index contributed by atoms with van der Waals surface area (Å²) in [5, 5.41) is 1.94. The zero-order chi connectivity index (χ0) is 14.1. The Balaban J connectivity index is 2.32. The summed E-state index contributed by atoms with van der Waals surface area (Å²) in [4.78, 5) is 28.6. The first-order chi connectivity index (χ1) is 8.92. The van der Waals surface area contributed by atoms with Crippen molar-refractivity contribution in [3.63, 3.8) is 0 Å². The summed E-state index contributed by atoms with van der Waals surface area (Å²) >= 11 is 1.83. The maximum Gasteiger partial charge on any atom is 0.560 e. The van der Waals surface area contributed by atoms with Crippen molar-refractivity contribution in [2.75, 3.05) is 31.2 Å². The summed E-state index contributed by atoms with van der Waals surface area (Å²) in [7, 11) is 0. The number of nitrogens with zero attached hydrogens (tertiary/aromatic N) is 2. The predicted molar refractivity (Wildman–Crippen MR) is 69.5 cm³/mol. The van der Waals surface area contributed by atoms with Crippen molar-refractivity contribution in [3.05, 3.63) is 0 Å². The lowest BCUT2D eigenvalue weighted by molar-refractivity contribution is -1.02. The molecule has 0 aromatic heterocycles. The van der Waals surface area contributed by atoms with Gasteiger partial charge in [-0.2, -0.15) is 16.6 Å². The highest BCUT2D eigenvalue weighted by Crippen LogP contribution is 2.32. The van der Waals surface area contributed by atoms with Crippen LogP contribution in [0.2, 0.25) is 0 Å². The number of amides is 1. The topological polar surface area (TPSA) is 67.9 Å². The fraction of sp³-hybridized carbons (Fsp3) is 0.818. The number of hydrogen-bond acceptors (Lipinski definition) is 7. The molecule has 2 aliphatic rings. The monoisotopic (exact) mass is 290 g/mol. The smallest absolute Gasteiger partial charge is 0.417 e. The van der Waals surface area contributed by atoms with Gasteiger partial charge in [-0.05, 0) is 25.5 Å². The van der Waals surface area contributed by atoms with Crippen LogP contribution in [0.5, 0.6) is 0 Å². The fourth-order valence-corrected chi connectivity index (χ4v) is 3.52. The molecule has 0 bridgehead atoms. The van der Waals surface area contributed by atoms with Gasteiger partial charge in [0.2, 0.25) is 6.54 Å². The second-order valence-electron chi connectivity index (χ2n) is 5.18. The van der Waals surface area contributed by atoms with Gasteiger partial charge in [-0.1, -0.05) is 0 Å². The molecule has 0 aromatic carbocycles. The number of carbonyl (C=O) groups excluding carboxylic acids is 2. The van der Waals surface area contributed by atoms with E-state index in [-0.39, 0.29) is 18.7 Å². The molecule has 1 atom stereocenters. The molecule has 7 nitrogen and oxygen atoms in total. The molecule has 1 N–H and O–H groups in total. The molecule has 8 heteroatoms. The van der Waals surface area contributed by atoms with E-state index in [1.807, 2.05) is 30.6 Å². The normalized spacial score (nSPS) is 31.0. The Hall–Kier alpha value is -0.830. The van der Waals surface area contributed by atoms with Crippen LogP contribution >= 0.6 is 11.8 Å². The standard InChI is InChI=1S/C11H20N3O4S/c1-4-17-10(16)14(7-9(15)18-12-14)13-5-6-19-8-11(13,2)3/h12H,4-8H2,1-3H3/q+1. The molecule has 2 fully saturated rings. The van der Waals surface area contributed by atoms with Crippen LogP contribution in [0.15, 0.2) is 0 Å². The second-order valence-corrected chi connectivity index (χ2v) is 6.29. The quantitative estimate of drug-likeness (QED) is 0.750. The fourth-order valence-electron chi connectivity index (χ4n) is 2.43. The average Bonchev–Trinajstić information content (AvgIpc) is 2.72. The Labute approximate surface area is 116 Å². The average molecular weight is 290 g/mol. The first kappa shape index (κ1) is 14.6. The lowest BCUT2D eigenvalue weighted by Crippen LogP contribution is -2.74. The molecule has 19 heavy (non-hydrogen) atoms. The van der Waals surface area contributed by atoms with Crippen LogP contribution in [0.1, 0.15) is 20.8 Å². The molecular formula is C11H20N3O4S+. The van der Waals surface area contributed by atoms with E-state index in [4.69, 9.17) is 9.57 Å². The molecule has 2 rings (SSSR count). The number of quaternary nitrogens is 1. The van der Waals surface area contributed by atoms with Gasteiger partial charge in [0.1, 0.15) is 0 Å². The van der Waals surface area contributed by atoms with Crippen molar-refractivity contribution in [2.24, 2.45) is 0 Å². The van der Waals surface area contributed by atoms with E-state index in [2.05, 4.69) is 5.59 Å². The van der Waals surface area contributed by atoms with Crippen molar-refractivity contribution in [2.45, 2.75) is 26.3 Å². The third kappa shape index (κ3) is 2.58. The molecule has 0 aromatic rings. The molecule has 0 radical (unpaired) electrons. The van der Waals surface area contributed by atoms with Gasteiger partial charge < -0.3 is 9.57 Å². The van der Waals surface area contributed by atoms with Gasteiger partial charge in [-0.3, -0.25) is 0 Å². The van der Waals surface area contributed by atoms with Gasteiger partial charge in [0, 0.05) is 17.1 Å². The van der Waals surface area contributed by atoms with Crippen LogP contribution in [0.4, 0.5) is 4.79 Å². The summed E-state index contributed by atoms with van der Waals surface area (Å²) in [5.74, 6) is 1.32. The van der Waals surface area contributed by atoms with E-state index in [1.54, 1.807) is 6.92 Å². The van der Waals surface area contributed by atoms with Gasteiger partial charge >= 0.3 is 12.1 Å². The van der Waals surface area contributed by atoms with Crippen molar-refractivity contribution >= 4 is 23.8 Å². The zero-order valence-corrected chi connectivity index (χ0v) is 12.3. The highest BCUT2D eigenvalue weighted by molar-refractivity contribution is 7.99. The molecule has 2 heterocycles. The number of rotatable bonds is 2. The molecule has 108 valence electrons. The van der Waals surface area contributed by atoms with E-state index < -0.39 is 16.8 Å². The molecule has 0 saturated carbocycles. The van der Waals surface area contributed by atoms with Crippen LogP contribution < -0.4 is 5.59 Å². The number of hydrogen-bond donors (Lipinski definition) is 1. The molecular weight excluding hydrogens is 270 g/mol. The summed E-state index contributed by atoms with van der Waals surface area (Å²) in [6, 6.07) is 0. The van der Waals surface area contributed by atoms with Crippen molar-refractivity contribution in [3.8, 4) is 0 Å². The summed E-state index contributed by atoms with van der Waals surface area (Å²) in [5.41, 5.74) is 2.32. The highest BCUT2D eigenvalue weighted by atomic mass is 32.2. The van der Waals surface area contributed by atoms with Crippen LogP contribution in [0.3, 0.4) is 0 Å². The third-order valence-corrected chi connectivity index (χ3v) is 4.63.